The summed E-state index contributed by atoms with van der Waals surface area (Å²) in [6, 6.07) is 5.70. The molecule has 0 bridgehead atoms. The van der Waals surface area contributed by atoms with Crippen molar-refractivity contribution in [3.05, 3.63) is 35.6 Å². The Kier molecular flexibility index (Phi) is 6.15. The van der Waals surface area contributed by atoms with E-state index < -0.39 is 11.7 Å². The second-order valence-electron chi connectivity index (χ2n) is 4.63. The molecule has 0 N–H and O–H groups in total. The Hall–Kier alpha value is -1.91. The van der Waals surface area contributed by atoms with Gasteiger partial charge in [0.05, 0.1) is 18.6 Å². The zero-order valence-corrected chi connectivity index (χ0v) is 12.1. The van der Waals surface area contributed by atoms with Crippen LogP contribution >= 0.6 is 0 Å². The highest BCUT2D eigenvalue weighted by molar-refractivity contribution is 5.94. The molecule has 110 valence electrons. The molecule has 1 amide bonds. The minimum absolute atomic E-state index is 0.0186. The van der Waals surface area contributed by atoms with Gasteiger partial charge < -0.3 is 9.64 Å². The summed E-state index contributed by atoms with van der Waals surface area (Å²) in [5.74, 6) is -1.33. The summed E-state index contributed by atoms with van der Waals surface area (Å²) in [5, 5.41) is 0. The molecule has 1 aromatic carbocycles. The Bertz CT molecular complexity index is 474. The maximum atomic E-state index is 13.6. The average molecular weight is 281 g/mol. The van der Waals surface area contributed by atoms with Crippen LogP contribution in [-0.4, -0.2) is 36.0 Å². The van der Waals surface area contributed by atoms with Gasteiger partial charge in [-0.05, 0) is 32.9 Å². The van der Waals surface area contributed by atoms with Crippen LogP contribution < -0.4 is 0 Å². The fourth-order valence-electron chi connectivity index (χ4n) is 1.83. The summed E-state index contributed by atoms with van der Waals surface area (Å²) in [7, 11) is 0. The summed E-state index contributed by atoms with van der Waals surface area (Å²) < 4.78 is 18.5. The van der Waals surface area contributed by atoms with Crippen molar-refractivity contribution < 1.29 is 18.7 Å². The van der Waals surface area contributed by atoms with Crippen LogP contribution in [0.5, 0.6) is 0 Å². The number of nitrogens with zero attached hydrogens (tertiary/aromatic N) is 1. The van der Waals surface area contributed by atoms with Crippen LogP contribution in [0.4, 0.5) is 4.39 Å². The zero-order chi connectivity index (χ0) is 15.1. The van der Waals surface area contributed by atoms with Gasteiger partial charge in [0, 0.05) is 12.6 Å². The highest BCUT2D eigenvalue weighted by Gasteiger charge is 2.22. The summed E-state index contributed by atoms with van der Waals surface area (Å²) in [6.07, 6.45) is 0.103. The third-order valence-electron chi connectivity index (χ3n) is 2.85. The minimum Gasteiger partial charge on any atom is -0.466 e. The molecule has 1 rings (SSSR count). The van der Waals surface area contributed by atoms with Gasteiger partial charge in [0.25, 0.3) is 5.91 Å². The lowest BCUT2D eigenvalue weighted by Crippen LogP contribution is -2.39. The second-order valence-corrected chi connectivity index (χ2v) is 4.63. The monoisotopic (exact) mass is 281 g/mol. The Morgan fingerprint density at radius 3 is 2.50 bits per heavy atom. The van der Waals surface area contributed by atoms with Crippen LogP contribution in [0.2, 0.25) is 0 Å². The van der Waals surface area contributed by atoms with Gasteiger partial charge in [0.2, 0.25) is 0 Å². The van der Waals surface area contributed by atoms with Crippen molar-refractivity contribution in [2.45, 2.75) is 33.2 Å². The number of carbonyl (C=O) groups excluding carboxylic acids is 2. The molecule has 20 heavy (non-hydrogen) atoms. The van der Waals surface area contributed by atoms with E-state index in [0.29, 0.717) is 6.61 Å². The number of halogens is 1. The van der Waals surface area contributed by atoms with E-state index >= 15 is 0 Å². The van der Waals surface area contributed by atoms with Gasteiger partial charge in [-0.15, -0.1) is 0 Å². The quantitative estimate of drug-likeness (QED) is 0.753. The summed E-state index contributed by atoms with van der Waals surface area (Å²) >= 11 is 0. The molecule has 0 saturated carbocycles. The number of benzene rings is 1. The lowest BCUT2D eigenvalue weighted by molar-refractivity contribution is -0.143. The molecule has 5 heteroatoms. The first-order valence-corrected chi connectivity index (χ1v) is 6.68. The Morgan fingerprint density at radius 2 is 1.95 bits per heavy atom. The molecule has 0 aliphatic rings. The summed E-state index contributed by atoms with van der Waals surface area (Å²) in [6.45, 7) is 5.89. The number of hydrogen-bond donors (Lipinski definition) is 0. The SMILES string of the molecule is CCOC(=O)CCN(C(=O)c1ccccc1F)C(C)C. The van der Waals surface area contributed by atoms with Gasteiger partial charge in [-0.25, -0.2) is 4.39 Å². The normalized spacial score (nSPS) is 10.4. The fraction of sp³-hybridized carbons (Fsp3) is 0.467. The van der Waals surface area contributed by atoms with Crippen LogP contribution in [0.1, 0.15) is 37.6 Å². The van der Waals surface area contributed by atoms with Crippen molar-refractivity contribution in [1.29, 1.82) is 0 Å². The summed E-state index contributed by atoms with van der Waals surface area (Å²) in [4.78, 5) is 25.1. The van der Waals surface area contributed by atoms with Crippen molar-refractivity contribution in [2.75, 3.05) is 13.2 Å². The molecule has 0 radical (unpaired) electrons. The maximum Gasteiger partial charge on any atom is 0.307 e. The first kappa shape index (κ1) is 16.1. The van der Waals surface area contributed by atoms with Crippen molar-refractivity contribution in [2.24, 2.45) is 0 Å². The van der Waals surface area contributed by atoms with E-state index in [0.717, 1.165) is 0 Å². The van der Waals surface area contributed by atoms with E-state index in [4.69, 9.17) is 4.74 Å². The molecular formula is C15H20FNO3. The first-order chi connectivity index (χ1) is 9.47. The van der Waals surface area contributed by atoms with Gasteiger partial charge in [-0.3, -0.25) is 9.59 Å². The minimum atomic E-state index is -0.556. The van der Waals surface area contributed by atoms with E-state index in [1.165, 1.54) is 23.1 Å². The number of hydrogen-bond acceptors (Lipinski definition) is 3. The summed E-state index contributed by atoms with van der Waals surface area (Å²) in [5.41, 5.74) is 0.0186. The Labute approximate surface area is 118 Å². The smallest absolute Gasteiger partial charge is 0.307 e. The third-order valence-corrected chi connectivity index (χ3v) is 2.85. The van der Waals surface area contributed by atoms with Crippen LogP contribution in [0.15, 0.2) is 24.3 Å². The molecule has 0 fully saturated rings. The number of esters is 1. The highest BCUT2D eigenvalue weighted by atomic mass is 19.1. The predicted octanol–water partition coefficient (Wildman–Crippen LogP) is 2.63. The second kappa shape index (κ2) is 7.62. The predicted molar refractivity (Wildman–Crippen MR) is 73.8 cm³/mol. The van der Waals surface area contributed by atoms with Crippen LogP contribution in [0.25, 0.3) is 0 Å². The fourth-order valence-corrected chi connectivity index (χ4v) is 1.83. The van der Waals surface area contributed by atoms with Gasteiger partial charge in [-0.1, -0.05) is 12.1 Å². The van der Waals surface area contributed by atoms with Crippen molar-refractivity contribution in [3.63, 3.8) is 0 Å². The standard InChI is InChI=1S/C15H20FNO3/c1-4-20-14(18)9-10-17(11(2)3)15(19)12-7-5-6-8-13(12)16/h5-8,11H,4,9-10H2,1-3H3. The molecule has 4 nitrogen and oxygen atoms in total. The number of rotatable bonds is 6. The molecule has 0 aliphatic heterocycles. The first-order valence-electron chi connectivity index (χ1n) is 6.68. The number of amides is 1. The molecule has 0 unspecified atom stereocenters. The largest absolute Gasteiger partial charge is 0.466 e. The lowest BCUT2D eigenvalue weighted by Gasteiger charge is -2.26. The van der Waals surface area contributed by atoms with Gasteiger partial charge in [-0.2, -0.15) is 0 Å². The highest BCUT2D eigenvalue weighted by Crippen LogP contribution is 2.13. The topological polar surface area (TPSA) is 46.6 Å². The van der Waals surface area contributed by atoms with Crippen LogP contribution in [-0.2, 0) is 9.53 Å². The molecule has 0 aliphatic carbocycles. The molecule has 1 aromatic rings. The van der Waals surface area contributed by atoms with Gasteiger partial charge >= 0.3 is 5.97 Å². The van der Waals surface area contributed by atoms with Crippen molar-refractivity contribution >= 4 is 11.9 Å². The van der Waals surface area contributed by atoms with Crippen molar-refractivity contribution in [3.8, 4) is 0 Å². The van der Waals surface area contributed by atoms with Crippen LogP contribution in [0.3, 0.4) is 0 Å². The molecular weight excluding hydrogens is 261 g/mol. The van der Waals surface area contributed by atoms with Gasteiger partial charge in [0.1, 0.15) is 5.82 Å². The molecule has 0 heterocycles. The van der Waals surface area contributed by atoms with E-state index in [1.54, 1.807) is 13.0 Å². The van der Waals surface area contributed by atoms with E-state index in [1.807, 2.05) is 13.8 Å². The molecule has 0 atom stereocenters. The van der Waals surface area contributed by atoms with Crippen LogP contribution in [0, 0.1) is 5.82 Å². The Morgan fingerprint density at radius 1 is 1.30 bits per heavy atom. The molecule has 0 aromatic heterocycles. The Balaban J connectivity index is 2.79. The number of carbonyl (C=O) groups is 2. The lowest BCUT2D eigenvalue weighted by atomic mass is 10.1. The zero-order valence-electron chi connectivity index (χ0n) is 12.1. The van der Waals surface area contributed by atoms with E-state index in [-0.39, 0.29) is 30.5 Å². The van der Waals surface area contributed by atoms with Gasteiger partial charge in [0.15, 0.2) is 0 Å². The molecule has 0 saturated heterocycles. The number of ether oxygens (including phenoxy) is 1. The van der Waals surface area contributed by atoms with Crippen molar-refractivity contribution in [1.82, 2.24) is 4.90 Å². The maximum absolute atomic E-state index is 13.6. The van der Waals surface area contributed by atoms with E-state index in [9.17, 15) is 14.0 Å². The van der Waals surface area contributed by atoms with E-state index in [2.05, 4.69) is 0 Å². The average Bonchev–Trinajstić information content (AvgIpc) is 2.39. The molecule has 0 spiro atoms. The third kappa shape index (κ3) is 4.33.